The van der Waals surface area contributed by atoms with Crippen LogP contribution in [-0.2, 0) is 22.9 Å². The Morgan fingerprint density at radius 3 is 1.08 bits per heavy atom. The van der Waals surface area contributed by atoms with Crippen LogP contribution in [0.15, 0.2) is 72.8 Å². The molecule has 2 atom stereocenters. The summed E-state index contributed by atoms with van der Waals surface area (Å²) in [5, 5.41) is 24.9. The van der Waals surface area contributed by atoms with Gasteiger partial charge in [0, 0.05) is 22.2 Å². The molecule has 0 bridgehead atoms. The van der Waals surface area contributed by atoms with Crippen molar-refractivity contribution in [2.75, 3.05) is 0 Å². The number of hydroxylamine groups is 4. The number of aliphatic hydroxyl groups is 2. The molecule has 0 aliphatic carbocycles. The van der Waals surface area contributed by atoms with Crippen LogP contribution in [0.4, 0.5) is 0 Å². The molecular formula is C42H60N2O6. The molecule has 0 saturated carbocycles. The highest BCUT2D eigenvalue weighted by atomic mass is 16.7. The first-order valence-corrected chi connectivity index (χ1v) is 18.2. The smallest absolute Gasteiger partial charge is 0.119 e. The van der Waals surface area contributed by atoms with E-state index in [4.69, 9.17) is 19.1 Å². The summed E-state index contributed by atoms with van der Waals surface area (Å²) in [6, 6.07) is 24.5. The SMILES string of the molecule is CC(ON1C(C)(C)CC(O)CC1(C)C)c1ccc(OCc2ccc(COc3ccc(C(C)ON4C(C)(C)CC(O)CC4(C)C)cc3)cc2)cc1. The van der Waals surface area contributed by atoms with Crippen LogP contribution in [0.1, 0.15) is 129 Å². The van der Waals surface area contributed by atoms with Gasteiger partial charge in [-0.3, -0.25) is 9.68 Å². The molecule has 2 unspecified atom stereocenters. The first-order chi connectivity index (χ1) is 23.3. The van der Waals surface area contributed by atoms with Crippen molar-refractivity contribution >= 4 is 0 Å². The Morgan fingerprint density at radius 2 is 0.800 bits per heavy atom. The second-order valence-corrected chi connectivity index (χ2v) is 17.0. The zero-order chi connectivity index (χ0) is 36.5. The van der Waals surface area contributed by atoms with Crippen molar-refractivity contribution in [3.8, 4) is 11.5 Å². The van der Waals surface area contributed by atoms with Gasteiger partial charge in [-0.2, -0.15) is 10.1 Å². The van der Waals surface area contributed by atoms with Gasteiger partial charge in [0.05, 0.1) is 12.2 Å². The summed E-state index contributed by atoms with van der Waals surface area (Å²) >= 11 is 0. The molecule has 3 aromatic rings. The van der Waals surface area contributed by atoms with Gasteiger partial charge in [-0.1, -0.05) is 48.5 Å². The topological polar surface area (TPSA) is 83.9 Å². The minimum absolute atomic E-state index is 0.135. The van der Waals surface area contributed by atoms with Gasteiger partial charge in [0.15, 0.2) is 0 Å². The molecule has 50 heavy (non-hydrogen) atoms. The molecule has 8 heteroatoms. The fourth-order valence-electron chi connectivity index (χ4n) is 8.17. The summed E-state index contributed by atoms with van der Waals surface area (Å²) < 4.78 is 12.2. The van der Waals surface area contributed by atoms with E-state index in [2.05, 4.69) is 128 Å². The third kappa shape index (κ3) is 9.27. The molecule has 2 fully saturated rings. The van der Waals surface area contributed by atoms with Gasteiger partial charge in [-0.25, -0.2) is 0 Å². The Kier molecular flexibility index (Phi) is 11.4. The molecule has 2 saturated heterocycles. The Morgan fingerprint density at radius 1 is 0.520 bits per heavy atom. The quantitative estimate of drug-likeness (QED) is 0.195. The van der Waals surface area contributed by atoms with Gasteiger partial charge < -0.3 is 19.7 Å². The van der Waals surface area contributed by atoms with Crippen molar-refractivity contribution in [1.29, 1.82) is 0 Å². The van der Waals surface area contributed by atoms with E-state index in [0.29, 0.717) is 38.9 Å². The Labute approximate surface area is 300 Å². The molecule has 8 nitrogen and oxygen atoms in total. The van der Waals surface area contributed by atoms with Crippen LogP contribution in [0.25, 0.3) is 0 Å². The van der Waals surface area contributed by atoms with E-state index in [1.165, 1.54) is 0 Å². The molecule has 0 aromatic heterocycles. The standard InChI is InChI=1S/C42H60N2O6/c1-29(49-43-39(3,4)23-35(45)24-40(43,5)6)33-15-19-37(20-16-33)47-27-31-11-13-32(14-12-31)28-48-38-21-17-34(18-22-38)30(2)50-44-41(7,8)25-36(46)26-42(44,9)10/h11-22,29-30,35-36,45-46H,23-28H2,1-10H3. The predicted octanol–water partition coefficient (Wildman–Crippen LogP) is 8.86. The number of piperidine rings is 2. The van der Waals surface area contributed by atoms with E-state index in [1.807, 2.05) is 24.3 Å². The number of hydrogen-bond donors (Lipinski definition) is 2. The van der Waals surface area contributed by atoms with Gasteiger partial charge in [0.2, 0.25) is 0 Å². The lowest BCUT2D eigenvalue weighted by Gasteiger charge is -2.53. The van der Waals surface area contributed by atoms with Crippen molar-refractivity contribution < 1.29 is 29.4 Å². The molecule has 0 radical (unpaired) electrons. The van der Waals surface area contributed by atoms with E-state index < -0.39 is 0 Å². The van der Waals surface area contributed by atoms with Crippen LogP contribution >= 0.6 is 0 Å². The van der Waals surface area contributed by atoms with E-state index in [-0.39, 0.29) is 46.6 Å². The summed E-state index contributed by atoms with van der Waals surface area (Å²) in [4.78, 5) is 13.0. The average molecular weight is 689 g/mol. The molecule has 2 aliphatic rings. The molecule has 3 aromatic carbocycles. The zero-order valence-corrected chi connectivity index (χ0v) is 31.9. The number of rotatable bonds is 12. The molecule has 5 rings (SSSR count). The molecule has 274 valence electrons. The lowest BCUT2D eigenvalue weighted by Crippen LogP contribution is -2.61. The number of hydrogen-bond acceptors (Lipinski definition) is 8. The van der Waals surface area contributed by atoms with Crippen molar-refractivity contribution in [3.05, 3.63) is 95.1 Å². The summed E-state index contributed by atoms with van der Waals surface area (Å²) in [7, 11) is 0. The molecule has 2 heterocycles. The van der Waals surface area contributed by atoms with E-state index >= 15 is 0 Å². The minimum Gasteiger partial charge on any atom is -0.489 e. The highest BCUT2D eigenvalue weighted by molar-refractivity contribution is 5.31. The number of benzene rings is 3. The Bertz CT molecular complexity index is 1380. The summed E-state index contributed by atoms with van der Waals surface area (Å²) in [5.74, 6) is 1.61. The fraction of sp³-hybridized carbons (Fsp3) is 0.571. The van der Waals surface area contributed by atoms with Gasteiger partial charge in [0.1, 0.15) is 36.9 Å². The first kappa shape index (κ1) is 38.3. The van der Waals surface area contributed by atoms with Crippen LogP contribution in [0.3, 0.4) is 0 Å². The Balaban J connectivity index is 1.08. The molecule has 2 N–H and O–H groups in total. The number of nitrogens with zero attached hydrogens (tertiary/aromatic N) is 2. The molecule has 0 spiro atoms. The van der Waals surface area contributed by atoms with E-state index in [0.717, 1.165) is 33.8 Å². The van der Waals surface area contributed by atoms with Gasteiger partial charge >= 0.3 is 0 Å². The van der Waals surface area contributed by atoms with E-state index in [9.17, 15) is 10.2 Å². The summed E-state index contributed by atoms with van der Waals surface area (Å²) in [6.07, 6.45) is 1.81. The monoisotopic (exact) mass is 688 g/mol. The Hall–Kier alpha value is -2.98. The number of aliphatic hydroxyl groups excluding tert-OH is 2. The van der Waals surface area contributed by atoms with Crippen molar-refractivity contribution in [2.24, 2.45) is 0 Å². The highest BCUT2D eigenvalue weighted by Gasteiger charge is 2.48. The summed E-state index contributed by atoms with van der Waals surface area (Å²) in [5.41, 5.74) is 3.24. The predicted molar refractivity (Wildman–Crippen MR) is 197 cm³/mol. The van der Waals surface area contributed by atoms with Crippen molar-refractivity contribution in [3.63, 3.8) is 0 Å². The largest absolute Gasteiger partial charge is 0.489 e. The number of ether oxygens (including phenoxy) is 2. The lowest BCUT2D eigenvalue weighted by atomic mass is 9.80. The minimum atomic E-state index is -0.320. The maximum Gasteiger partial charge on any atom is 0.119 e. The van der Waals surface area contributed by atoms with Crippen molar-refractivity contribution in [2.45, 2.75) is 155 Å². The van der Waals surface area contributed by atoms with Gasteiger partial charge in [-0.15, -0.1) is 0 Å². The maximum atomic E-state index is 10.4. The van der Waals surface area contributed by atoms with Gasteiger partial charge in [-0.05, 0) is 141 Å². The highest BCUT2D eigenvalue weighted by Crippen LogP contribution is 2.42. The van der Waals surface area contributed by atoms with Crippen LogP contribution < -0.4 is 9.47 Å². The lowest BCUT2D eigenvalue weighted by molar-refractivity contribution is -0.313. The van der Waals surface area contributed by atoms with Crippen LogP contribution in [0.5, 0.6) is 11.5 Å². The second-order valence-electron chi connectivity index (χ2n) is 17.0. The normalized spacial score (nSPS) is 22.2. The zero-order valence-electron chi connectivity index (χ0n) is 31.9. The average Bonchev–Trinajstić information content (AvgIpc) is 3.02. The van der Waals surface area contributed by atoms with E-state index in [1.54, 1.807) is 0 Å². The van der Waals surface area contributed by atoms with Gasteiger partial charge in [0.25, 0.3) is 0 Å². The molecule has 0 amide bonds. The molecule has 2 aliphatic heterocycles. The van der Waals surface area contributed by atoms with Crippen LogP contribution in [0, 0.1) is 0 Å². The maximum absolute atomic E-state index is 10.4. The van der Waals surface area contributed by atoms with Crippen LogP contribution in [-0.4, -0.2) is 54.7 Å². The third-order valence-corrected chi connectivity index (χ3v) is 10.2. The first-order valence-electron chi connectivity index (χ1n) is 18.2. The van der Waals surface area contributed by atoms with Crippen LogP contribution in [0.2, 0.25) is 0 Å². The summed E-state index contributed by atoms with van der Waals surface area (Å²) in [6.45, 7) is 22.1. The van der Waals surface area contributed by atoms with Crippen molar-refractivity contribution in [1.82, 2.24) is 10.1 Å². The fourth-order valence-corrected chi connectivity index (χ4v) is 8.17. The third-order valence-electron chi connectivity index (χ3n) is 10.2. The molecular weight excluding hydrogens is 628 g/mol. The second kappa shape index (κ2) is 14.9.